The smallest absolute Gasteiger partial charge is 0.387 e. The number of hydrogen-bond acceptors (Lipinski definition) is 4. The first-order chi connectivity index (χ1) is 13.7. The quantitative estimate of drug-likeness (QED) is 0.327. The highest BCUT2D eigenvalue weighted by molar-refractivity contribution is 14.0. The van der Waals surface area contributed by atoms with Crippen LogP contribution in [0, 0.1) is 0 Å². The maximum absolute atomic E-state index is 12.7. The van der Waals surface area contributed by atoms with E-state index >= 15 is 0 Å². The summed E-state index contributed by atoms with van der Waals surface area (Å²) in [7, 11) is 1.77. The summed E-state index contributed by atoms with van der Waals surface area (Å²) in [4.78, 5) is 8.89. The SMILES string of the molecule is CN=C(NCCN1CCCCC1)NC1CCN(c2ccccc2OC(F)F)C1.I. The monoisotopic (exact) mass is 523 g/mol. The second kappa shape index (κ2) is 12.4. The third kappa shape index (κ3) is 7.44. The Labute approximate surface area is 189 Å². The van der Waals surface area contributed by atoms with Crippen molar-refractivity contribution in [2.75, 3.05) is 51.2 Å². The number of guanidine groups is 1. The Bertz CT molecular complexity index is 643. The molecule has 0 bridgehead atoms. The fourth-order valence-corrected chi connectivity index (χ4v) is 3.91. The Morgan fingerprint density at radius 2 is 1.97 bits per heavy atom. The lowest BCUT2D eigenvalue weighted by Crippen LogP contribution is -2.47. The normalized spacial score (nSPS) is 20.5. The van der Waals surface area contributed by atoms with Crippen LogP contribution in [0.25, 0.3) is 0 Å². The van der Waals surface area contributed by atoms with Gasteiger partial charge in [0.1, 0.15) is 5.75 Å². The van der Waals surface area contributed by atoms with E-state index in [2.05, 4.69) is 30.2 Å². The Morgan fingerprint density at radius 3 is 2.69 bits per heavy atom. The van der Waals surface area contributed by atoms with Gasteiger partial charge in [-0.25, -0.2) is 0 Å². The van der Waals surface area contributed by atoms with Crippen molar-refractivity contribution < 1.29 is 13.5 Å². The van der Waals surface area contributed by atoms with Gasteiger partial charge in [-0.15, -0.1) is 24.0 Å². The Hall–Kier alpha value is -1.36. The molecular weight excluding hydrogens is 491 g/mol. The van der Waals surface area contributed by atoms with Crippen molar-refractivity contribution >= 4 is 35.6 Å². The zero-order valence-corrected chi connectivity index (χ0v) is 19.3. The molecular formula is C20H32F2IN5O. The van der Waals surface area contributed by atoms with E-state index in [1.54, 1.807) is 19.2 Å². The van der Waals surface area contributed by atoms with Crippen LogP contribution in [0.1, 0.15) is 25.7 Å². The maximum Gasteiger partial charge on any atom is 0.387 e. The second-order valence-electron chi connectivity index (χ2n) is 7.32. The number of benzene rings is 1. The molecule has 1 aromatic carbocycles. The summed E-state index contributed by atoms with van der Waals surface area (Å²) in [5, 5.41) is 6.84. The lowest BCUT2D eigenvalue weighted by atomic mass is 10.1. The number of nitrogens with one attached hydrogen (secondary N) is 2. The second-order valence-corrected chi connectivity index (χ2v) is 7.32. The minimum atomic E-state index is -2.82. The predicted octanol–water partition coefficient (Wildman–Crippen LogP) is 3.14. The average molecular weight is 523 g/mol. The van der Waals surface area contributed by atoms with Gasteiger partial charge in [-0.05, 0) is 44.5 Å². The van der Waals surface area contributed by atoms with Gasteiger partial charge in [-0.1, -0.05) is 18.6 Å². The van der Waals surface area contributed by atoms with E-state index in [0.29, 0.717) is 5.69 Å². The van der Waals surface area contributed by atoms with Crippen molar-refractivity contribution in [1.82, 2.24) is 15.5 Å². The molecule has 164 valence electrons. The van der Waals surface area contributed by atoms with Crippen molar-refractivity contribution in [2.24, 2.45) is 4.99 Å². The largest absolute Gasteiger partial charge is 0.433 e. The van der Waals surface area contributed by atoms with Gasteiger partial charge in [0, 0.05) is 39.3 Å². The molecule has 2 fully saturated rings. The molecule has 0 aromatic heterocycles. The van der Waals surface area contributed by atoms with Gasteiger partial charge >= 0.3 is 6.61 Å². The number of likely N-dealkylation sites (tertiary alicyclic amines) is 1. The van der Waals surface area contributed by atoms with Crippen LogP contribution in [0.2, 0.25) is 0 Å². The fraction of sp³-hybridized carbons (Fsp3) is 0.650. The molecule has 2 N–H and O–H groups in total. The number of alkyl halides is 2. The van der Waals surface area contributed by atoms with Crippen LogP contribution in [0.4, 0.5) is 14.5 Å². The number of ether oxygens (including phenoxy) is 1. The third-order valence-electron chi connectivity index (χ3n) is 5.34. The first-order valence-electron chi connectivity index (χ1n) is 10.1. The third-order valence-corrected chi connectivity index (χ3v) is 5.34. The highest BCUT2D eigenvalue weighted by atomic mass is 127. The van der Waals surface area contributed by atoms with Crippen LogP contribution in [-0.4, -0.2) is 69.8 Å². The van der Waals surface area contributed by atoms with E-state index in [0.717, 1.165) is 38.6 Å². The van der Waals surface area contributed by atoms with Crippen molar-refractivity contribution in [3.05, 3.63) is 24.3 Å². The maximum atomic E-state index is 12.7. The number of piperidine rings is 1. The van der Waals surface area contributed by atoms with Crippen molar-refractivity contribution in [3.8, 4) is 5.75 Å². The molecule has 2 heterocycles. The van der Waals surface area contributed by atoms with E-state index in [-0.39, 0.29) is 35.8 Å². The molecule has 6 nitrogen and oxygen atoms in total. The number of rotatable bonds is 7. The molecule has 29 heavy (non-hydrogen) atoms. The Balaban J connectivity index is 0.00000300. The van der Waals surface area contributed by atoms with Crippen molar-refractivity contribution in [2.45, 2.75) is 38.3 Å². The number of nitrogens with zero attached hydrogens (tertiary/aromatic N) is 3. The molecule has 2 aliphatic rings. The van der Waals surface area contributed by atoms with Crippen LogP contribution in [-0.2, 0) is 0 Å². The molecule has 0 amide bonds. The van der Waals surface area contributed by atoms with Crippen LogP contribution >= 0.6 is 24.0 Å². The summed E-state index contributed by atoms with van der Waals surface area (Å²) in [6, 6.07) is 7.17. The van der Waals surface area contributed by atoms with E-state index in [1.807, 2.05) is 12.1 Å². The number of para-hydroxylation sites is 2. The highest BCUT2D eigenvalue weighted by Crippen LogP contribution is 2.31. The molecule has 2 aliphatic heterocycles. The Morgan fingerprint density at radius 1 is 1.21 bits per heavy atom. The lowest BCUT2D eigenvalue weighted by Gasteiger charge is -2.27. The lowest BCUT2D eigenvalue weighted by molar-refractivity contribution is -0.0495. The fourth-order valence-electron chi connectivity index (χ4n) is 3.91. The van der Waals surface area contributed by atoms with Gasteiger partial charge in [-0.3, -0.25) is 4.99 Å². The van der Waals surface area contributed by atoms with Crippen molar-refractivity contribution in [3.63, 3.8) is 0 Å². The molecule has 0 saturated carbocycles. The average Bonchev–Trinajstić information content (AvgIpc) is 3.16. The van der Waals surface area contributed by atoms with E-state index < -0.39 is 6.61 Å². The van der Waals surface area contributed by atoms with Crippen molar-refractivity contribution in [1.29, 1.82) is 0 Å². The molecule has 3 rings (SSSR count). The zero-order valence-electron chi connectivity index (χ0n) is 16.9. The first-order valence-corrected chi connectivity index (χ1v) is 10.1. The molecule has 1 atom stereocenters. The first kappa shape index (κ1) is 23.9. The van der Waals surface area contributed by atoms with Crippen LogP contribution in [0.5, 0.6) is 5.75 Å². The van der Waals surface area contributed by atoms with Crippen LogP contribution in [0.15, 0.2) is 29.3 Å². The standard InChI is InChI=1S/C20H31F2N5O.HI/c1-23-20(24-10-14-26-11-5-2-6-12-26)25-16-9-13-27(15-16)17-7-3-4-8-18(17)28-19(21)22;/h3-4,7-8,16,19H,2,5-6,9-15H2,1H3,(H2,23,24,25);1H. The highest BCUT2D eigenvalue weighted by Gasteiger charge is 2.26. The Kier molecular flexibility index (Phi) is 10.2. The number of halogens is 3. The molecule has 0 spiro atoms. The van der Waals surface area contributed by atoms with Gasteiger partial charge in [0.2, 0.25) is 0 Å². The summed E-state index contributed by atoms with van der Waals surface area (Å²) < 4.78 is 30.0. The number of aliphatic imine (C=N–C) groups is 1. The topological polar surface area (TPSA) is 52.1 Å². The van der Waals surface area contributed by atoms with Gasteiger partial charge in [0.15, 0.2) is 5.96 Å². The summed E-state index contributed by atoms with van der Waals surface area (Å²) in [6.07, 6.45) is 4.84. The molecule has 1 unspecified atom stereocenters. The van der Waals surface area contributed by atoms with E-state index in [9.17, 15) is 8.78 Å². The summed E-state index contributed by atoms with van der Waals surface area (Å²) in [5.41, 5.74) is 0.708. The number of anilines is 1. The molecule has 0 radical (unpaired) electrons. The van der Waals surface area contributed by atoms with E-state index in [4.69, 9.17) is 0 Å². The minimum Gasteiger partial charge on any atom is -0.433 e. The van der Waals surface area contributed by atoms with Crippen LogP contribution < -0.4 is 20.3 Å². The summed E-state index contributed by atoms with van der Waals surface area (Å²) in [6.45, 7) is 2.94. The predicted molar refractivity (Wildman–Crippen MR) is 124 cm³/mol. The van der Waals surface area contributed by atoms with Crippen LogP contribution in [0.3, 0.4) is 0 Å². The minimum absolute atomic E-state index is 0. The molecule has 2 saturated heterocycles. The van der Waals surface area contributed by atoms with Gasteiger partial charge in [0.25, 0.3) is 0 Å². The molecule has 1 aromatic rings. The van der Waals surface area contributed by atoms with Gasteiger partial charge < -0.3 is 25.2 Å². The zero-order chi connectivity index (χ0) is 19.8. The number of hydrogen-bond donors (Lipinski definition) is 2. The molecule has 0 aliphatic carbocycles. The molecule has 9 heteroatoms. The summed E-state index contributed by atoms with van der Waals surface area (Å²) in [5.74, 6) is 1.02. The van der Waals surface area contributed by atoms with Gasteiger partial charge in [0.05, 0.1) is 5.69 Å². The van der Waals surface area contributed by atoms with E-state index in [1.165, 1.54) is 32.4 Å². The van der Waals surface area contributed by atoms with Gasteiger partial charge in [-0.2, -0.15) is 8.78 Å². The summed E-state index contributed by atoms with van der Waals surface area (Å²) >= 11 is 0.